The van der Waals surface area contributed by atoms with Gasteiger partial charge in [0.2, 0.25) is 15.9 Å². The number of sulfonamides is 1. The van der Waals surface area contributed by atoms with Crippen molar-refractivity contribution >= 4 is 56.7 Å². The summed E-state index contributed by atoms with van der Waals surface area (Å²) in [6.07, 6.45) is -1.34. The summed E-state index contributed by atoms with van der Waals surface area (Å²) in [7, 11) is -4.46. The molecule has 0 spiro atoms. The van der Waals surface area contributed by atoms with Crippen LogP contribution in [-0.2, 0) is 25.8 Å². The summed E-state index contributed by atoms with van der Waals surface area (Å²) < 4.78 is 66.8. The van der Waals surface area contributed by atoms with E-state index in [4.69, 9.17) is 0 Å². The van der Waals surface area contributed by atoms with E-state index in [9.17, 15) is 36.0 Å². The van der Waals surface area contributed by atoms with Gasteiger partial charge in [0.05, 0.1) is 15.4 Å². The number of imide groups is 1. The predicted octanol–water partition coefficient (Wildman–Crippen LogP) is 3.96. The smallest absolute Gasteiger partial charge is 0.353 e. The van der Waals surface area contributed by atoms with Gasteiger partial charge >= 0.3 is 6.18 Å². The van der Waals surface area contributed by atoms with Crippen molar-refractivity contribution in [3.8, 4) is 0 Å². The lowest BCUT2D eigenvalue weighted by atomic mass is 10.2. The topological polar surface area (TPSA) is 113 Å². The quantitative estimate of drug-likeness (QED) is 0.383. The van der Waals surface area contributed by atoms with Crippen molar-refractivity contribution in [1.29, 1.82) is 0 Å². The van der Waals surface area contributed by atoms with Gasteiger partial charge in [0.1, 0.15) is 6.04 Å². The van der Waals surface area contributed by atoms with Crippen LogP contribution < -0.4 is 10.0 Å². The molecule has 8 nitrogen and oxygen atoms in total. The number of nitrogens with zero attached hydrogens (tertiary/aromatic N) is 1. The molecular weight excluding hydrogens is 563 g/mol. The number of halogens is 3. The summed E-state index contributed by atoms with van der Waals surface area (Å²) in [6, 6.07) is 10.9. The maximum atomic E-state index is 13.0. The van der Waals surface area contributed by atoms with Crippen LogP contribution in [0.4, 0.5) is 18.0 Å². The summed E-state index contributed by atoms with van der Waals surface area (Å²) in [6.45, 7) is -0.283. The Bertz CT molecular complexity index is 1320. The van der Waals surface area contributed by atoms with Gasteiger partial charge in [-0.05, 0) is 60.0 Å². The van der Waals surface area contributed by atoms with Crippen molar-refractivity contribution in [2.75, 3.05) is 25.1 Å². The predicted molar refractivity (Wildman–Crippen MR) is 141 cm³/mol. The molecule has 2 N–H and O–H groups in total. The largest absolute Gasteiger partial charge is 0.416 e. The SMILES string of the molecule is CSCC[C@H](NS(=O)(=O)c1cccc(C(F)(F)F)c1)C(=O)NCCN1C(=O)S/C(=C\c2ccccc2)C1=O. The molecule has 0 saturated carbocycles. The van der Waals surface area contributed by atoms with Crippen LogP contribution in [0.3, 0.4) is 0 Å². The number of amides is 3. The van der Waals surface area contributed by atoms with Crippen molar-refractivity contribution in [2.45, 2.75) is 23.5 Å². The van der Waals surface area contributed by atoms with Crippen molar-refractivity contribution in [3.05, 3.63) is 70.6 Å². The molecule has 0 radical (unpaired) electrons. The lowest BCUT2D eigenvalue weighted by molar-refractivity contribution is -0.137. The Morgan fingerprint density at radius 1 is 1.13 bits per heavy atom. The van der Waals surface area contributed by atoms with Gasteiger partial charge in [-0.1, -0.05) is 36.4 Å². The van der Waals surface area contributed by atoms with E-state index in [-0.39, 0.29) is 24.4 Å². The minimum absolute atomic E-state index is 0.0621. The van der Waals surface area contributed by atoms with E-state index in [0.29, 0.717) is 11.8 Å². The van der Waals surface area contributed by atoms with E-state index in [1.165, 1.54) is 11.8 Å². The summed E-state index contributed by atoms with van der Waals surface area (Å²) in [5.74, 6) is -0.861. The van der Waals surface area contributed by atoms with Gasteiger partial charge in [-0.25, -0.2) is 8.42 Å². The second kappa shape index (κ2) is 12.8. The molecule has 1 saturated heterocycles. The number of thioether (sulfide) groups is 2. The van der Waals surface area contributed by atoms with E-state index in [1.54, 1.807) is 36.6 Å². The Morgan fingerprint density at radius 3 is 2.50 bits per heavy atom. The van der Waals surface area contributed by atoms with Crippen LogP contribution in [-0.4, -0.2) is 61.5 Å². The van der Waals surface area contributed by atoms with E-state index in [1.807, 2.05) is 6.07 Å². The number of hydrogen-bond acceptors (Lipinski definition) is 7. The summed E-state index contributed by atoms with van der Waals surface area (Å²) in [5, 5.41) is 2.00. The molecule has 2 aromatic carbocycles. The second-order valence-electron chi connectivity index (χ2n) is 8.02. The van der Waals surface area contributed by atoms with Crippen molar-refractivity contribution in [2.24, 2.45) is 0 Å². The van der Waals surface area contributed by atoms with Crippen LogP contribution in [0.2, 0.25) is 0 Å². The van der Waals surface area contributed by atoms with Crippen LogP contribution in [0.5, 0.6) is 0 Å². The van der Waals surface area contributed by atoms with Gasteiger partial charge < -0.3 is 5.32 Å². The van der Waals surface area contributed by atoms with Gasteiger partial charge in [-0.3, -0.25) is 19.3 Å². The van der Waals surface area contributed by atoms with Crippen LogP contribution in [0.15, 0.2) is 64.4 Å². The summed E-state index contributed by atoms with van der Waals surface area (Å²) in [5.41, 5.74) is -0.389. The zero-order valence-corrected chi connectivity index (χ0v) is 22.5. The molecule has 0 aromatic heterocycles. The number of rotatable bonds is 11. The van der Waals surface area contributed by atoms with E-state index >= 15 is 0 Å². The van der Waals surface area contributed by atoms with Gasteiger partial charge in [-0.15, -0.1) is 0 Å². The van der Waals surface area contributed by atoms with E-state index < -0.39 is 49.8 Å². The fourth-order valence-corrected chi connectivity index (χ4v) is 5.99. The highest BCUT2D eigenvalue weighted by molar-refractivity contribution is 8.18. The lowest BCUT2D eigenvalue weighted by Crippen LogP contribution is -2.48. The van der Waals surface area contributed by atoms with Gasteiger partial charge in [-0.2, -0.15) is 29.7 Å². The van der Waals surface area contributed by atoms with Gasteiger partial charge in [0.15, 0.2) is 0 Å². The average Bonchev–Trinajstić information content (AvgIpc) is 3.13. The first-order valence-corrected chi connectivity index (χ1v) is 14.9. The molecule has 0 bridgehead atoms. The Labute approximate surface area is 226 Å². The fraction of sp³-hybridized carbons (Fsp3) is 0.292. The normalized spacial score (nSPS) is 16.2. The van der Waals surface area contributed by atoms with Crippen molar-refractivity contribution < 1.29 is 36.0 Å². The molecule has 1 aliphatic heterocycles. The van der Waals surface area contributed by atoms with E-state index in [2.05, 4.69) is 10.0 Å². The van der Waals surface area contributed by atoms with Crippen LogP contribution in [0.1, 0.15) is 17.5 Å². The standard InChI is InChI=1S/C24H24F3N3O5S3/c1-36-13-10-19(29-38(34,35)18-9-5-8-17(15-18)24(25,26)27)21(31)28-11-12-30-22(32)20(37-23(30)33)14-16-6-3-2-4-7-16/h2-9,14-15,19,29H,10-13H2,1H3,(H,28,31)/b20-14-/t19-/m0/s1. The molecule has 3 amide bonds. The zero-order chi connectivity index (χ0) is 27.9. The van der Waals surface area contributed by atoms with Gasteiger partial charge in [0, 0.05) is 13.1 Å². The summed E-state index contributed by atoms with van der Waals surface area (Å²) in [4.78, 5) is 38.3. The maximum absolute atomic E-state index is 13.0. The van der Waals surface area contributed by atoms with Crippen LogP contribution in [0, 0.1) is 0 Å². The van der Waals surface area contributed by atoms with Crippen LogP contribution in [0.25, 0.3) is 6.08 Å². The zero-order valence-electron chi connectivity index (χ0n) is 20.0. The number of benzene rings is 2. The molecule has 1 atom stereocenters. The number of nitrogens with one attached hydrogen (secondary N) is 2. The number of carbonyl (C=O) groups is 3. The Kier molecular flexibility index (Phi) is 10.0. The highest BCUT2D eigenvalue weighted by Gasteiger charge is 2.35. The van der Waals surface area contributed by atoms with Crippen molar-refractivity contribution in [1.82, 2.24) is 14.9 Å². The molecular formula is C24H24F3N3O5S3. The third-order valence-corrected chi connectivity index (χ3v) is 8.32. The third-order valence-electron chi connectivity index (χ3n) is 5.30. The molecule has 3 rings (SSSR count). The van der Waals surface area contributed by atoms with Crippen LogP contribution >= 0.6 is 23.5 Å². The molecule has 204 valence electrons. The van der Waals surface area contributed by atoms with Gasteiger partial charge in [0.25, 0.3) is 11.1 Å². The highest BCUT2D eigenvalue weighted by atomic mass is 32.2. The first-order chi connectivity index (χ1) is 17.9. The second-order valence-corrected chi connectivity index (χ2v) is 11.7. The molecule has 1 fully saturated rings. The van der Waals surface area contributed by atoms with Crippen molar-refractivity contribution in [3.63, 3.8) is 0 Å². The number of carbonyl (C=O) groups excluding carboxylic acids is 3. The number of hydrogen-bond donors (Lipinski definition) is 2. The average molecular weight is 588 g/mol. The minimum atomic E-state index is -4.74. The molecule has 0 unspecified atom stereocenters. The van der Waals surface area contributed by atoms with E-state index in [0.717, 1.165) is 40.4 Å². The molecule has 0 aliphatic carbocycles. The molecule has 1 aliphatic rings. The summed E-state index contributed by atoms with van der Waals surface area (Å²) >= 11 is 2.12. The maximum Gasteiger partial charge on any atom is 0.416 e. The molecule has 14 heteroatoms. The molecule has 2 aromatic rings. The monoisotopic (exact) mass is 587 g/mol. The Balaban J connectivity index is 1.64. The fourth-order valence-electron chi connectivity index (χ4n) is 3.38. The number of alkyl halides is 3. The Hall–Kier alpha value is -2.81. The molecule has 1 heterocycles. The highest BCUT2D eigenvalue weighted by Crippen LogP contribution is 2.32. The first-order valence-electron chi connectivity index (χ1n) is 11.2. The third kappa shape index (κ3) is 7.85. The molecule has 38 heavy (non-hydrogen) atoms. The lowest BCUT2D eigenvalue weighted by Gasteiger charge is -2.20. The Morgan fingerprint density at radius 2 is 1.84 bits per heavy atom. The minimum Gasteiger partial charge on any atom is -0.353 e. The first kappa shape index (κ1) is 29.7.